The van der Waals surface area contributed by atoms with E-state index < -0.39 is 18.4 Å². The fourth-order valence-corrected chi connectivity index (χ4v) is 3.25. The molecule has 1 saturated heterocycles. The van der Waals surface area contributed by atoms with Crippen LogP contribution >= 0.6 is 24.0 Å². The van der Waals surface area contributed by atoms with Gasteiger partial charge in [-0.3, -0.25) is 14.5 Å². The van der Waals surface area contributed by atoms with Crippen LogP contribution in [-0.4, -0.2) is 37.9 Å². The van der Waals surface area contributed by atoms with Crippen molar-refractivity contribution in [3.05, 3.63) is 46.7 Å². The summed E-state index contributed by atoms with van der Waals surface area (Å²) in [4.78, 5) is 24.2. The van der Waals surface area contributed by atoms with E-state index >= 15 is 0 Å². The Kier molecular flexibility index (Phi) is 4.45. The molecule has 0 saturated carbocycles. The summed E-state index contributed by atoms with van der Waals surface area (Å²) >= 11 is 6.01. The van der Waals surface area contributed by atoms with Gasteiger partial charge in [-0.25, -0.2) is 4.39 Å². The number of thioether (sulfide) groups is 1. The smallest absolute Gasteiger partial charge is 0.323 e. The van der Waals surface area contributed by atoms with Gasteiger partial charge < -0.3 is 9.63 Å². The highest BCUT2D eigenvalue weighted by atomic mass is 32.2. The molecular weight excluding hydrogens is 355 g/mol. The highest BCUT2D eigenvalue weighted by molar-refractivity contribution is 8.26. The lowest BCUT2D eigenvalue weighted by Crippen LogP contribution is -2.33. The molecule has 1 aliphatic heterocycles. The van der Waals surface area contributed by atoms with Crippen LogP contribution in [-0.2, 0) is 9.59 Å². The van der Waals surface area contributed by atoms with Crippen LogP contribution in [0.2, 0.25) is 0 Å². The van der Waals surface area contributed by atoms with Gasteiger partial charge in [-0.05, 0) is 30.3 Å². The molecule has 0 bridgehead atoms. The van der Waals surface area contributed by atoms with Gasteiger partial charge in [0.1, 0.15) is 22.4 Å². The molecule has 1 aromatic heterocycles. The van der Waals surface area contributed by atoms with Gasteiger partial charge in [-0.2, -0.15) is 0 Å². The summed E-state index contributed by atoms with van der Waals surface area (Å²) in [6.45, 7) is -0.484. The van der Waals surface area contributed by atoms with E-state index in [1.54, 1.807) is 18.2 Å². The molecule has 1 N–H and O–H groups in total. The number of aromatic nitrogens is 1. The minimum atomic E-state index is -1.15. The van der Waals surface area contributed by atoms with Gasteiger partial charge in [0.25, 0.3) is 5.91 Å². The van der Waals surface area contributed by atoms with E-state index in [2.05, 4.69) is 5.16 Å². The van der Waals surface area contributed by atoms with Gasteiger partial charge in [-0.1, -0.05) is 29.1 Å². The summed E-state index contributed by atoms with van der Waals surface area (Å²) in [6, 6.07) is 7.29. The Bertz CT molecular complexity index is 861. The molecule has 3 rings (SSSR count). The van der Waals surface area contributed by atoms with Crippen molar-refractivity contribution < 1.29 is 23.6 Å². The van der Waals surface area contributed by atoms with E-state index in [-0.39, 0.29) is 15.0 Å². The van der Waals surface area contributed by atoms with Gasteiger partial charge in [0.15, 0.2) is 5.76 Å². The number of carboxylic acids is 1. The van der Waals surface area contributed by atoms with E-state index in [0.29, 0.717) is 17.0 Å². The largest absolute Gasteiger partial charge is 0.480 e. The van der Waals surface area contributed by atoms with Crippen molar-refractivity contribution in [2.24, 2.45) is 0 Å². The highest BCUT2D eigenvalue weighted by Crippen LogP contribution is 2.32. The SMILES string of the molecule is O=C(O)CN1C(=O)C(=Cc2cc(-c3ccc(F)cc3)on2)SC1=S. The summed E-state index contributed by atoms with van der Waals surface area (Å²) in [5.41, 5.74) is 1.02. The zero-order valence-corrected chi connectivity index (χ0v) is 13.6. The van der Waals surface area contributed by atoms with Crippen LogP contribution in [0.15, 0.2) is 39.8 Å². The van der Waals surface area contributed by atoms with Crippen LogP contribution in [0.3, 0.4) is 0 Å². The molecule has 2 heterocycles. The number of hydrogen-bond donors (Lipinski definition) is 1. The van der Waals surface area contributed by atoms with Gasteiger partial charge in [0, 0.05) is 11.6 Å². The highest BCUT2D eigenvalue weighted by Gasteiger charge is 2.33. The summed E-state index contributed by atoms with van der Waals surface area (Å²) in [5, 5.41) is 12.6. The van der Waals surface area contributed by atoms with Crippen molar-refractivity contribution in [2.75, 3.05) is 6.54 Å². The molecule has 2 aromatic rings. The molecule has 0 radical (unpaired) electrons. The first kappa shape index (κ1) is 16.3. The van der Waals surface area contributed by atoms with Crippen LogP contribution in [0.25, 0.3) is 17.4 Å². The molecule has 1 aromatic carbocycles. The number of amides is 1. The number of carboxylic acid groups (broad SMARTS) is 1. The number of nitrogens with zero attached hydrogens (tertiary/aromatic N) is 2. The zero-order valence-electron chi connectivity index (χ0n) is 11.9. The van der Waals surface area contributed by atoms with Crippen molar-refractivity contribution in [1.82, 2.24) is 10.1 Å². The van der Waals surface area contributed by atoms with Crippen LogP contribution in [0.4, 0.5) is 4.39 Å². The zero-order chi connectivity index (χ0) is 17.3. The number of aliphatic carboxylic acids is 1. The van der Waals surface area contributed by atoms with Crippen molar-refractivity contribution in [3.8, 4) is 11.3 Å². The Labute approximate surface area is 144 Å². The van der Waals surface area contributed by atoms with E-state index in [1.807, 2.05) is 0 Å². The minimum absolute atomic E-state index is 0.177. The molecule has 0 unspecified atom stereocenters. The fraction of sp³-hybridized carbons (Fsp3) is 0.0667. The molecule has 0 atom stereocenters. The minimum Gasteiger partial charge on any atom is -0.480 e. The molecule has 24 heavy (non-hydrogen) atoms. The maximum absolute atomic E-state index is 12.9. The van der Waals surface area contributed by atoms with Crippen molar-refractivity contribution in [2.45, 2.75) is 0 Å². The lowest BCUT2D eigenvalue weighted by molar-refractivity contribution is -0.140. The fourth-order valence-electron chi connectivity index (χ4n) is 2.01. The van der Waals surface area contributed by atoms with Crippen molar-refractivity contribution >= 4 is 46.3 Å². The number of halogens is 1. The van der Waals surface area contributed by atoms with E-state index in [4.69, 9.17) is 21.8 Å². The lowest BCUT2D eigenvalue weighted by atomic mass is 10.1. The number of benzene rings is 1. The number of thiocarbonyl (C=S) groups is 1. The number of hydrogen-bond acceptors (Lipinski definition) is 6. The molecule has 0 spiro atoms. The second kappa shape index (κ2) is 6.54. The Hall–Kier alpha value is -2.52. The van der Waals surface area contributed by atoms with Crippen molar-refractivity contribution in [3.63, 3.8) is 0 Å². The summed E-state index contributed by atoms with van der Waals surface area (Å²) < 4.78 is 18.3. The first-order valence-corrected chi connectivity index (χ1v) is 7.86. The second-order valence-corrected chi connectivity index (χ2v) is 6.46. The first-order valence-electron chi connectivity index (χ1n) is 6.64. The van der Waals surface area contributed by atoms with E-state index in [0.717, 1.165) is 16.7 Å². The standard InChI is InChI=1S/C15H9FN2O4S2/c16-9-3-1-8(2-4-9)11-5-10(17-22-11)6-12-14(21)18(7-13(19)20)15(23)24-12/h1-6H,7H2,(H,19,20). The quantitative estimate of drug-likeness (QED) is 0.660. The maximum atomic E-state index is 12.9. The van der Waals surface area contributed by atoms with E-state index in [9.17, 15) is 14.0 Å². The summed E-state index contributed by atoms with van der Waals surface area (Å²) in [7, 11) is 0. The number of carbonyl (C=O) groups excluding carboxylic acids is 1. The predicted octanol–water partition coefficient (Wildman–Crippen LogP) is 2.77. The molecule has 1 amide bonds. The topological polar surface area (TPSA) is 83.6 Å². The molecule has 9 heteroatoms. The Morgan fingerprint density at radius 3 is 2.79 bits per heavy atom. The maximum Gasteiger partial charge on any atom is 0.323 e. The second-order valence-electron chi connectivity index (χ2n) is 4.78. The normalized spacial score (nSPS) is 16.2. The summed E-state index contributed by atoms with van der Waals surface area (Å²) in [5.74, 6) is -1.57. The third-order valence-corrected chi connectivity index (χ3v) is 4.48. The molecular formula is C15H9FN2O4S2. The van der Waals surface area contributed by atoms with Gasteiger partial charge in [-0.15, -0.1) is 0 Å². The van der Waals surface area contributed by atoms with Gasteiger partial charge in [0.2, 0.25) is 0 Å². The Balaban J connectivity index is 1.82. The van der Waals surface area contributed by atoms with Crippen LogP contribution in [0, 0.1) is 5.82 Å². The monoisotopic (exact) mass is 364 g/mol. The molecule has 122 valence electrons. The summed E-state index contributed by atoms with van der Waals surface area (Å²) in [6.07, 6.45) is 1.47. The van der Waals surface area contributed by atoms with Crippen LogP contribution in [0.1, 0.15) is 5.69 Å². The molecule has 0 aliphatic carbocycles. The van der Waals surface area contributed by atoms with Crippen LogP contribution < -0.4 is 0 Å². The van der Waals surface area contributed by atoms with Crippen molar-refractivity contribution in [1.29, 1.82) is 0 Å². The van der Waals surface area contributed by atoms with Crippen LogP contribution in [0.5, 0.6) is 0 Å². The number of carbonyl (C=O) groups is 2. The third kappa shape index (κ3) is 3.36. The molecule has 1 aliphatic rings. The first-order chi connectivity index (χ1) is 11.4. The number of rotatable bonds is 4. The molecule has 1 fully saturated rings. The van der Waals surface area contributed by atoms with E-state index in [1.165, 1.54) is 18.2 Å². The van der Waals surface area contributed by atoms with Gasteiger partial charge >= 0.3 is 5.97 Å². The predicted molar refractivity (Wildman–Crippen MR) is 89.4 cm³/mol. The lowest BCUT2D eigenvalue weighted by Gasteiger charge is -2.09. The molecule has 6 nitrogen and oxygen atoms in total. The average molecular weight is 364 g/mol. The third-order valence-electron chi connectivity index (χ3n) is 3.10. The Morgan fingerprint density at radius 2 is 2.12 bits per heavy atom. The Morgan fingerprint density at radius 1 is 1.42 bits per heavy atom. The van der Waals surface area contributed by atoms with Gasteiger partial charge in [0.05, 0.1) is 4.91 Å². The average Bonchev–Trinajstić information content (AvgIpc) is 3.09.